The molecule has 0 bridgehead atoms. The first kappa shape index (κ1) is 38.8. The zero-order chi connectivity index (χ0) is 40.1. The van der Waals surface area contributed by atoms with Crippen molar-refractivity contribution in [3.05, 3.63) is 180 Å². The molecule has 0 saturated carbocycles. The molecule has 0 spiro atoms. The van der Waals surface area contributed by atoms with Gasteiger partial charge in [0.15, 0.2) is 0 Å². The van der Waals surface area contributed by atoms with Gasteiger partial charge in [-0.3, -0.25) is 0 Å². The molecule has 0 radical (unpaired) electrons. The summed E-state index contributed by atoms with van der Waals surface area (Å²) in [7, 11) is 0. The Labute approximate surface area is 338 Å². The first-order chi connectivity index (χ1) is 28.1. The van der Waals surface area contributed by atoms with Gasteiger partial charge in [-0.05, 0) is 87.1 Å². The summed E-state index contributed by atoms with van der Waals surface area (Å²) in [6, 6.07) is 61.9. The maximum atomic E-state index is 5.55. The number of rotatable bonds is 4. The Hall–Kier alpha value is -6.51. The van der Waals surface area contributed by atoms with Crippen LogP contribution in [-0.4, -0.2) is 0 Å². The maximum Gasteiger partial charge on any atom is 0.0963 e. The smallest absolute Gasteiger partial charge is 0.0963 e. The third kappa shape index (κ3) is 6.87. The fourth-order valence-electron chi connectivity index (χ4n) is 8.07. The van der Waals surface area contributed by atoms with Gasteiger partial charge in [0, 0.05) is 21.9 Å². The van der Waals surface area contributed by atoms with Crippen molar-refractivity contribution >= 4 is 60.6 Å². The predicted octanol–water partition coefficient (Wildman–Crippen LogP) is 15.6. The Morgan fingerprint density at radius 2 is 0.912 bits per heavy atom. The summed E-state index contributed by atoms with van der Waals surface area (Å²) >= 11 is 0. The Kier molecular flexibility index (Phi) is 11.6. The molecule has 0 aliphatic carbocycles. The zero-order valence-electron chi connectivity index (χ0n) is 34.6. The van der Waals surface area contributed by atoms with E-state index in [1.807, 2.05) is 41.5 Å². The molecule has 0 N–H and O–H groups in total. The van der Waals surface area contributed by atoms with Crippen LogP contribution in [0, 0.1) is 0 Å². The van der Waals surface area contributed by atoms with Crippen molar-refractivity contribution in [1.29, 1.82) is 0 Å². The van der Waals surface area contributed by atoms with Gasteiger partial charge in [0.2, 0.25) is 0 Å². The molecule has 0 amide bonds. The van der Waals surface area contributed by atoms with Crippen LogP contribution < -0.4 is 15.5 Å². The number of anilines is 3. The highest BCUT2D eigenvalue weighted by atomic mass is 15.2. The molecule has 1 aliphatic rings. The largest absolute Gasteiger partial charge is 0.304 e. The molecule has 9 aromatic rings. The van der Waals surface area contributed by atoms with Crippen LogP contribution in [0.15, 0.2) is 175 Å². The molecule has 57 heavy (non-hydrogen) atoms. The summed E-state index contributed by atoms with van der Waals surface area (Å²) in [5, 5.41) is 9.58. The maximum absolute atomic E-state index is 5.55. The van der Waals surface area contributed by atoms with E-state index in [4.69, 9.17) is 4.99 Å². The molecular weight excluding hydrogens is 689 g/mol. The quantitative estimate of drug-likeness (QED) is 0.164. The zero-order valence-corrected chi connectivity index (χ0v) is 34.6. The molecule has 2 nitrogen and oxygen atoms in total. The van der Waals surface area contributed by atoms with E-state index in [1.54, 1.807) is 0 Å². The average Bonchev–Trinajstić information content (AvgIpc) is 3.30. The summed E-state index contributed by atoms with van der Waals surface area (Å²) in [4.78, 5) is 8.10. The highest BCUT2D eigenvalue weighted by Crippen LogP contribution is 2.56. The monoisotopic (exact) mass is 740 g/mol. The van der Waals surface area contributed by atoms with Crippen molar-refractivity contribution in [3.63, 3.8) is 0 Å². The van der Waals surface area contributed by atoms with Gasteiger partial charge in [-0.2, -0.15) is 0 Å². The summed E-state index contributed by atoms with van der Waals surface area (Å²) < 4.78 is 0. The van der Waals surface area contributed by atoms with Gasteiger partial charge < -0.3 is 4.90 Å². The lowest BCUT2D eigenvalue weighted by molar-refractivity contribution is 1.18. The van der Waals surface area contributed by atoms with Crippen LogP contribution in [0.25, 0.3) is 71.3 Å². The minimum atomic E-state index is 0.965. The molecule has 0 unspecified atom stereocenters. The first-order valence-electron chi connectivity index (χ1n) is 20.6. The van der Waals surface area contributed by atoms with Crippen LogP contribution >= 0.6 is 0 Å². The van der Waals surface area contributed by atoms with Crippen LogP contribution in [0.4, 0.5) is 22.7 Å². The van der Waals surface area contributed by atoms with E-state index >= 15 is 0 Å². The number of nitrogens with zero attached hydrogens (tertiary/aromatic N) is 2. The second kappa shape index (κ2) is 17.1. The van der Waals surface area contributed by atoms with Gasteiger partial charge in [-0.15, -0.1) is 0 Å². The van der Waals surface area contributed by atoms with Crippen molar-refractivity contribution in [2.24, 2.45) is 4.99 Å². The van der Waals surface area contributed by atoms with E-state index in [0.717, 1.165) is 28.1 Å². The van der Waals surface area contributed by atoms with E-state index in [0.29, 0.717) is 0 Å². The second-order valence-electron chi connectivity index (χ2n) is 13.7. The summed E-state index contributed by atoms with van der Waals surface area (Å²) in [5.41, 5.74) is 12.7. The van der Waals surface area contributed by atoms with Crippen LogP contribution in [0.1, 0.15) is 55.4 Å². The standard InChI is InChI=1S/C49H34N2.3C2H6/c1-31(2)37-26-27-43-44(30-37)51(49-40-23-13-21-36-25-24-35-20-12-22-39(47(49)50-43)45(35)46(36)40)48-41(33-16-8-4-9-17-33)28-38(32-14-6-3-7-15-32)29-42(48)34-18-10-5-11-19-34;3*1-2/h3-30H,1-2H3;3*1-2H3. The third-order valence-corrected chi connectivity index (χ3v) is 10.5. The fourth-order valence-corrected chi connectivity index (χ4v) is 8.07. The van der Waals surface area contributed by atoms with Crippen molar-refractivity contribution < 1.29 is 0 Å². The lowest BCUT2D eigenvalue weighted by Gasteiger charge is -2.35. The van der Waals surface area contributed by atoms with Crippen LogP contribution in [0.3, 0.4) is 0 Å². The average molecular weight is 741 g/mol. The van der Waals surface area contributed by atoms with Crippen molar-refractivity contribution in [1.82, 2.24) is 0 Å². The van der Waals surface area contributed by atoms with Crippen molar-refractivity contribution in [3.8, 4) is 33.4 Å². The number of hydrogen-bond acceptors (Lipinski definition) is 2. The molecule has 0 atom stereocenters. The molecule has 9 aromatic carbocycles. The van der Waals surface area contributed by atoms with Crippen molar-refractivity contribution in [2.75, 3.05) is 4.90 Å². The minimum Gasteiger partial charge on any atom is -0.304 e. The molecule has 10 rings (SSSR count). The van der Waals surface area contributed by atoms with Gasteiger partial charge in [0.1, 0.15) is 0 Å². The SMILES string of the molecule is CC.CC.CC.CC(C)=c1ccc2c(c1)N(c1c(-c3ccccc3)cc(-c3ccccc3)cc1-c1ccccc1)c1c(c3cccc4ccc5cccc1c5c43)N=2. The predicted molar refractivity (Wildman–Crippen MR) is 250 cm³/mol. The highest BCUT2D eigenvalue weighted by Gasteiger charge is 2.31. The van der Waals surface area contributed by atoms with Crippen LogP contribution in [0.5, 0.6) is 0 Å². The summed E-state index contributed by atoms with van der Waals surface area (Å²) in [6.45, 7) is 16.4. The lowest BCUT2D eigenvalue weighted by atomic mass is 9.87. The molecule has 1 heterocycles. The molecule has 282 valence electrons. The molecule has 0 aromatic heterocycles. The molecular formula is C55H52N2. The Balaban J connectivity index is 0.000000792. The third-order valence-electron chi connectivity index (χ3n) is 10.5. The fraction of sp³-hybridized carbons (Fsp3) is 0.145. The van der Waals surface area contributed by atoms with Gasteiger partial charge in [-0.25, -0.2) is 4.99 Å². The van der Waals surface area contributed by atoms with Gasteiger partial charge in [0.25, 0.3) is 0 Å². The molecule has 0 saturated heterocycles. The second-order valence-corrected chi connectivity index (χ2v) is 13.7. The summed E-state index contributed by atoms with van der Waals surface area (Å²) in [6.07, 6.45) is 0. The minimum absolute atomic E-state index is 0.965. The number of benzene rings is 9. The van der Waals surface area contributed by atoms with E-state index in [9.17, 15) is 0 Å². The van der Waals surface area contributed by atoms with E-state index in [2.05, 4.69) is 189 Å². The molecule has 0 fully saturated rings. The van der Waals surface area contributed by atoms with Crippen LogP contribution in [-0.2, 0) is 0 Å². The van der Waals surface area contributed by atoms with E-state index in [-0.39, 0.29) is 0 Å². The Bertz CT molecular complexity index is 2850. The topological polar surface area (TPSA) is 15.6 Å². The number of fused-ring (bicyclic) bond motifs is 4. The number of hydrogen-bond donors (Lipinski definition) is 0. The Morgan fingerprint density at radius 3 is 1.44 bits per heavy atom. The highest BCUT2D eigenvalue weighted by molar-refractivity contribution is 6.31. The molecule has 2 heteroatoms. The Morgan fingerprint density at radius 1 is 0.421 bits per heavy atom. The van der Waals surface area contributed by atoms with Gasteiger partial charge >= 0.3 is 0 Å². The normalized spacial score (nSPS) is 11.3. The lowest BCUT2D eigenvalue weighted by Crippen LogP contribution is -2.26. The first-order valence-corrected chi connectivity index (χ1v) is 20.6. The van der Waals surface area contributed by atoms with E-state index < -0.39 is 0 Å². The van der Waals surface area contributed by atoms with Crippen LogP contribution in [0.2, 0.25) is 0 Å². The van der Waals surface area contributed by atoms with Gasteiger partial charge in [0.05, 0.1) is 28.1 Å². The van der Waals surface area contributed by atoms with E-state index in [1.165, 1.54) is 76.5 Å². The van der Waals surface area contributed by atoms with Gasteiger partial charge in [-0.1, -0.05) is 193 Å². The van der Waals surface area contributed by atoms with Crippen molar-refractivity contribution in [2.45, 2.75) is 55.4 Å². The molecule has 1 aliphatic heterocycles. The summed E-state index contributed by atoms with van der Waals surface area (Å²) in [5.74, 6) is 0.